The Balaban J connectivity index is 1.58. The van der Waals surface area contributed by atoms with Crippen LogP contribution >= 0.6 is 0 Å². The Hall–Kier alpha value is -2.05. The number of aryl methyl sites for hydroxylation is 1. The topological polar surface area (TPSA) is 48.8 Å². The van der Waals surface area contributed by atoms with Crippen LogP contribution in [0.1, 0.15) is 29.8 Å². The molecule has 0 aliphatic carbocycles. The summed E-state index contributed by atoms with van der Waals surface area (Å²) in [6, 6.07) is 6.42. The molecule has 0 saturated heterocycles. The summed E-state index contributed by atoms with van der Waals surface area (Å²) >= 11 is 0. The molecule has 6 nitrogen and oxygen atoms in total. The van der Waals surface area contributed by atoms with E-state index in [0.717, 1.165) is 37.6 Å². The summed E-state index contributed by atoms with van der Waals surface area (Å²) in [4.78, 5) is 2.47. The van der Waals surface area contributed by atoms with Gasteiger partial charge in [0.15, 0.2) is 11.5 Å². The minimum atomic E-state index is 0.228. The van der Waals surface area contributed by atoms with Crippen molar-refractivity contribution in [3.05, 3.63) is 41.2 Å². The van der Waals surface area contributed by atoms with E-state index in [1.807, 2.05) is 30.9 Å². The Bertz CT molecular complexity index is 728. The van der Waals surface area contributed by atoms with Gasteiger partial charge < -0.3 is 14.2 Å². The number of fused-ring (bicyclic) bond motifs is 2. The average molecular weight is 329 g/mol. The largest absolute Gasteiger partial charge is 0.454 e. The fraction of sp³-hybridized carbons (Fsp3) is 0.500. The molecular weight excluding hydrogens is 306 g/mol. The van der Waals surface area contributed by atoms with Crippen LogP contribution in [0.25, 0.3) is 0 Å². The van der Waals surface area contributed by atoms with Crippen molar-refractivity contribution in [2.45, 2.75) is 25.9 Å². The van der Waals surface area contributed by atoms with Gasteiger partial charge in [-0.2, -0.15) is 5.10 Å². The lowest BCUT2D eigenvalue weighted by Gasteiger charge is -2.36. The highest BCUT2D eigenvalue weighted by atomic mass is 16.7. The van der Waals surface area contributed by atoms with E-state index in [0.29, 0.717) is 13.4 Å². The first-order valence-corrected chi connectivity index (χ1v) is 8.47. The quantitative estimate of drug-likeness (QED) is 0.842. The van der Waals surface area contributed by atoms with E-state index >= 15 is 0 Å². The van der Waals surface area contributed by atoms with E-state index in [1.165, 1.54) is 16.8 Å². The molecular formula is C18H23N3O3. The summed E-state index contributed by atoms with van der Waals surface area (Å²) in [6.45, 7) is 5.63. The van der Waals surface area contributed by atoms with Crippen LogP contribution < -0.4 is 9.47 Å². The first-order valence-electron chi connectivity index (χ1n) is 8.47. The van der Waals surface area contributed by atoms with Gasteiger partial charge in [0, 0.05) is 26.7 Å². The maximum Gasteiger partial charge on any atom is 0.231 e. The molecule has 0 amide bonds. The molecule has 0 N–H and O–H groups in total. The lowest BCUT2D eigenvalue weighted by Crippen LogP contribution is -2.38. The maximum absolute atomic E-state index is 5.77. The first-order chi connectivity index (χ1) is 11.8. The van der Waals surface area contributed by atoms with Crippen LogP contribution in [-0.2, 0) is 24.8 Å². The lowest BCUT2D eigenvalue weighted by atomic mass is 9.99. The van der Waals surface area contributed by atoms with Gasteiger partial charge in [-0.05, 0) is 36.6 Å². The van der Waals surface area contributed by atoms with E-state index in [4.69, 9.17) is 14.2 Å². The number of benzene rings is 1. The molecule has 6 heteroatoms. The third-order valence-electron chi connectivity index (χ3n) is 4.79. The van der Waals surface area contributed by atoms with Gasteiger partial charge in [-0.25, -0.2) is 0 Å². The first kappa shape index (κ1) is 15.5. The summed E-state index contributed by atoms with van der Waals surface area (Å²) in [6.07, 6.45) is 3.02. The summed E-state index contributed by atoms with van der Waals surface area (Å²) < 4.78 is 18.7. The minimum absolute atomic E-state index is 0.228. The number of aromatic nitrogens is 2. The monoisotopic (exact) mass is 329 g/mol. The van der Waals surface area contributed by atoms with Gasteiger partial charge in [-0.15, -0.1) is 0 Å². The van der Waals surface area contributed by atoms with Crippen molar-refractivity contribution in [3.8, 4) is 11.5 Å². The van der Waals surface area contributed by atoms with Gasteiger partial charge in [-0.1, -0.05) is 6.07 Å². The Morgan fingerprint density at radius 2 is 2.17 bits per heavy atom. The molecule has 2 aromatic rings. The molecule has 4 rings (SSSR count). The normalized spacial score (nSPS) is 19.5. The summed E-state index contributed by atoms with van der Waals surface area (Å²) in [5.74, 6) is 1.67. The number of hydrogen-bond donors (Lipinski definition) is 0. The summed E-state index contributed by atoms with van der Waals surface area (Å²) in [5.41, 5.74) is 3.84. The Kier molecular flexibility index (Phi) is 4.16. The smallest absolute Gasteiger partial charge is 0.231 e. The summed E-state index contributed by atoms with van der Waals surface area (Å²) in [5, 5.41) is 4.44. The molecule has 1 atom stereocenters. The Morgan fingerprint density at radius 1 is 1.29 bits per heavy atom. The Labute approximate surface area is 141 Å². The average Bonchev–Trinajstić information content (AvgIpc) is 3.20. The molecule has 1 unspecified atom stereocenters. The second-order valence-electron chi connectivity index (χ2n) is 6.26. The highest BCUT2D eigenvalue weighted by Gasteiger charge is 2.30. The summed E-state index contributed by atoms with van der Waals surface area (Å²) in [7, 11) is 2.02. The van der Waals surface area contributed by atoms with Crippen LogP contribution in [0, 0.1) is 0 Å². The number of hydrogen-bond acceptors (Lipinski definition) is 5. The highest BCUT2D eigenvalue weighted by Crippen LogP contribution is 2.35. The van der Waals surface area contributed by atoms with Crippen molar-refractivity contribution in [1.82, 2.24) is 14.7 Å². The zero-order chi connectivity index (χ0) is 16.5. The van der Waals surface area contributed by atoms with E-state index < -0.39 is 0 Å². The van der Waals surface area contributed by atoms with Crippen LogP contribution in [0.2, 0.25) is 0 Å². The fourth-order valence-electron chi connectivity index (χ4n) is 3.58. The molecule has 1 aromatic heterocycles. The van der Waals surface area contributed by atoms with Crippen molar-refractivity contribution in [2.24, 2.45) is 7.05 Å². The van der Waals surface area contributed by atoms with E-state index in [2.05, 4.69) is 22.1 Å². The third-order valence-corrected chi connectivity index (χ3v) is 4.79. The molecule has 2 aliphatic rings. The van der Waals surface area contributed by atoms with Crippen LogP contribution in [0.5, 0.6) is 11.5 Å². The van der Waals surface area contributed by atoms with Crippen molar-refractivity contribution in [2.75, 3.05) is 26.6 Å². The van der Waals surface area contributed by atoms with Gasteiger partial charge in [0.25, 0.3) is 0 Å². The molecule has 24 heavy (non-hydrogen) atoms. The van der Waals surface area contributed by atoms with Crippen LogP contribution in [0.3, 0.4) is 0 Å². The highest BCUT2D eigenvalue weighted by molar-refractivity contribution is 5.44. The molecule has 128 valence electrons. The lowest BCUT2D eigenvalue weighted by molar-refractivity contribution is 0.0518. The van der Waals surface area contributed by atoms with Gasteiger partial charge in [0.05, 0.1) is 24.5 Å². The Morgan fingerprint density at radius 3 is 3.04 bits per heavy atom. The van der Waals surface area contributed by atoms with Crippen molar-refractivity contribution in [3.63, 3.8) is 0 Å². The number of nitrogens with zero attached hydrogens (tertiary/aromatic N) is 3. The second kappa shape index (κ2) is 6.45. The second-order valence-corrected chi connectivity index (χ2v) is 6.26. The minimum Gasteiger partial charge on any atom is -0.454 e. The fourth-order valence-corrected chi connectivity index (χ4v) is 3.58. The van der Waals surface area contributed by atoms with Crippen LogP contribution in [-0.4, -0.2) is 41.2 Å². The molecule has 0 fully saturated rings. The predicted molar refractivity (Wildman–Crippen MR) is 89.1 cm³/mol. The SMILES string of the molecule is CCOCC1c2c(cnn2C)CCN1Cc1ccc2c(c1)OCO2. The van der Waals surface area contributed by atoms with Crippen molar-refractivity contribution < 1.29 is 14.2 Å². The maximum atomic E-state index is 5.77. The molecule has 0 bridgehead atoms. The van der Waals surface area contributed by atoms with E-state index in [-0.39, 0.29) is 6.04 Å². The van der Waals surface area contributed by atoms with Crippen LogP contribution in [0.4, 0.5) is 0 Å². The standard InChI is InChI=1S/C18H23N3O3/c1-3-22-11-15-18-14(9-19-20(18)2)6-7-21(15)10-13-4-5-16-17(8-13)24-12-23-16/h4-5,8-9,15H,3,6-7,10-12H2,1-2H3. The van der Waals surface area contributed by atoms with Gasteiger partial charge >= 0.3 is 0 Å². The molecule has 0 spiro atoms. The van der Waals surface area contributed by atoms with Gasteiger partial charge in [0.1, 0.15) is 0 Å². The van der Waals surface area contributed by atoms with E-state index in [9.17, 15) is 0 Å². The van der Waals surface area contributed by atoms with Crippen LogP contribution in [0.15, 0.2) is 24.4 Å². The molecule has 1 aromatic carbocycles. The predicted octanol–water partition coefficient (Wildman–Crippen LogP) is 2.28. The number of rotatable bonds is 5. The van der Waals surface area contributed by atoms with Gasteiger partial charge in [0.2, 0.25) is 6.79 Å². The van der Waals surface area contributed by atoms with Crippen molar-refractivity contribution >= 4 is 0 Å². The van der Waals surface area contributed by atoms with Crippen molar-refractivity contribution in [1.29, 1.82) is 0 Å². The molecule has 0 radical (unpaired) electrons. The third kappa shape index (κ3) is 2.76. The zero-order valence-corrected chi connectivity index (χ0v) is 14.2. The molecule has 3 heterocycles. The van der Waals surface area contributed by atoms with Gasteiger partial charge in [-0.3, -0.25) is 9.58 Å². The molecule has 2 aliphatic heterocycles. The van der Waals surface area contributed by atoms with E-state index in [1.54, 1.807) is 0 Å². The number of ether oxygens (including phenoxy) is 3. The molecule has 0 saturated carbocycles. The zero-order valence-electron chi connectivity index (χ0n) is 14.2.